The second-order valence-electron chi connectivity index (χ2n) is 5.64. The predicted octanol–water partition coefficient (Wildman–Crippen LogP) is 1.76. The number of esters is 1. The maximum Gasteiger partial charge on any atom is 0.337 e. The van der Waals surface area contributed by atoms with Gasteiger partial charge in [0.05, 0.1) is 18.2 Å². The van der Waals surface area contributed by atoms with Crippen molar-refractivity contribution in [3.8, 4) is 0 Å². The van der Waals surface area contributed by atoms with Gasteiger partial charge in [0.2, 0.25) is 5.91 Å². The Morgan fingerprint density at radius 3 is 2.60 bits per heavy atom. The molecule has 0 unspecified atom stereocenters. The molecule has 0 bridgehead atoms. The number of carbonyl (C=O) groups is 2. The van der Waals surface area contributed by atoms with Crippen molar-refractivity contribution in [1.29, 1.82) is 0 Å². The Morgan fingerprint density at radius 2 is 2.00 bits per heavy atom. The minimum atomic E-state index is -0.435. The predicted molar refractivity (Wildman–Crippen MR) is 94.1 cm³/mol. The van der Waals surface area contributed by atoms with Crippen molar-refractivity contribution in [3.63, 3.8) is 0 Å². The lowest BCUT2D eigenvalue weighted by Crippen LogP contribution is -2.33. The fourth-order valence-electron chi connectivity index (χ4n) is 2.97. The fraction of sp³-hybridized carbons (Fsp3) is 0.294. The van der Waals surface area contributed by atoms with Crippen LogP contribution in [-0.4, -0.2) is 34.8 Å². The van der Waals surface area contributed by atoms with Crippen LogP contribution < -0.4 is 10.9 Å². The average Bonchev–Trinajstić information content (AvgIpc) is 2.63. The summed E-state index contributed by atoms with van der Waals surface area (Å²) in [4.78, 5) is 40.4. The number of hydrogen-bond acceptors (Lipinski definition) is 6. The molecule has 1 aromatic carbocycles. The van der Waals surface area contributed by atoms with E-state index in [9.17, 15) is 14.4 Å². The number of benzene rings is 1. The lowest BCUT2D eigenvalue weighted by molar-refractivity contribution is -0.116. The molecule has 1 aliphatic heterocycles. The molecule has 7 nitrogen and oxygen atoms in total. The van der Waals surface area contributed by atoms with Crippen molar-refractivity contribution >= 4 is 29.5 Å². The molecule has 1 amide bonds. The molecular formula is C17H17N3O4S. The van der Waals surface area contributed by atoms with Gasteiger partial charge in [-0.3, -0.25) is 9.59 Å². The molecule has 2 heterocycles. The molecule has 0 saturated carbocycles. The summed E-state index contributed by atoms with van der Waals surface area (Å²) in [6.07, 6.45) is 1.97. The van der Waals surface area contributed by atoms with Crippen LogP contribution in [0.2, 0.25) is 0 Å². The highest BCUT2D eigenvalue weighted by atomic mass is 32.2. The first-order valence-corrected chi connectivity index (χ1v) is 8.81. The zero-order valence-electron chi connectivity index (χ0n) is 14.0. The summed E-state index contributed by atoms with van der Waals surface area (Å²) in [7, 11) is 3.08. The molecule has 0 aliphatic carbocycles. The van der Waals surface area contributed by atoms with E-state index in [1.165, 1.54) is 18.9 Å². The number of carbonyl (C=O) groups excluding carboxylic acids is 2. The zero-order valence-corrected chi connectivity index (χ0v) is 14.8. The summed E-state index contributed by atoms with van der Waals surface area (Å²) in [6.45, 7) is 0. The first-order chi connectivity index (χ1) is 12.0. The number of rotatable bonds is 3. The van der Waals surface area contributed by atoms with Gasteiger partial charge in [-0.25, -0.2) is 4.79 Å². The summed E-state index contributed by atoms with van der Waals surface area (Å²) in [5.74, 6) is -0.529. The van der Waals surface area contributed by atoms with Gasteiger partial charge in [-0.05, 0) is 24.0 Å². The lowest BCUT2D eigenvalue weighted by atomic mass is 9.86. The third-order valence-electron chi connectivity index (χ3n) is 4.22. The molecule has 8 heteroatoms. The molecule has 2 aromatic rings. The van der Waals surface area contributed by atoms with Gasteiger partial charge < -0.3 is 14.6 Å². The van der Waals surface area contributed by atoms with E-state index in [4.69, 9.17) is 0 Å². The summed E-state index contributed by atoms with van der Waals surface area (Å²) in [5.41, 5.74) is 1.31. The van der Waals surface area contributed by atoms with Crippen LogP contribution in [0.5, 0.6) is 0 Å². The van der Waals surface area contributed by atoms with Gasteiger partial charge >= 0.3 is 5.97 Å². The minimum absolute atomic E-state index is 0.153. The van der Waals surface area contributed by atoms with E-state index in [-0.39, 0.29) is 17.9 Å². The van der Waals surface area contributed by atoms with E-state index in [1.807, 2.05) is 6.26 Å². The molecule has 130 valence electrons. The molecule has 25 heavy (non-hydrogen) atoms. The van der Waals surface area contributed by atoms with E-state index in [0.717, 1.165) is 5.56 Å². The molecule has 1 aromatic heterocycles. The number of hydrogen-bond donors (Lipinski definition) is 1. The summed E-state index contributed by atoms with van der Waals surface area (Å²) < 4.78 is 6.40. The lowest BCUT2D eigenvalue weighted by Gasteiger charge is -2.27. The Bertz CT molecular complexity index is 905. The maximum atomic E-state index is 12.5. The zero-order chi connectivity index (χ0) is 18.1. The van der Waals surface area contributed by atoms with Gasteiger partial charge in [0.15, 0.2) is 5.16 Å². The van der Waals surface area contributed by atoms with E-state index < -0.39 is 11.9 Å². The van der Waals surface area contributed by atoms with Gasteiger partial charge in [-0.2, -0.15) is 4.98 Å². The highest BCUT2D eigenvalue weighted by Crippen LogP contribution is 2.35. The number of amides is 1. The van der Waals surface area contributed by atoms with Crippen LogP contribution in [0.3, 0.4) is 0 Å². The van der Waals surface area contributed by atoms with Crippen LogP contribution in [-0.2, 0) is 16.6 Å². The fourth-order valence-corrected chi connectivity index (χ4v) is 3.51. The van der Waals surface area contributed by atoms with Gasteiger partial charge in [0, 0.05) is 19.4 Å². The quantitative estimate of drug-likeness (QED) is 0.510. The number of methoxy groups -OCH3 is 1. The van der Waals surface area contributed by atoms with Crippen LogP contribution in [0.25, 0.3) is 0 Å². The van der Waals surface area contributed by atoms with Crippen molar-refractivity contribution in [3.05, 3.63) is 51.3 Å². The summed E-state index contributed by atoms with van der Waals surface area (Å²) >= 11 is 1.34. The van der Waals surface area contributed by atoms with Crippen LogP contribution in [0, 0.1) is 0 Å². The Kier molecular flexibility index (Phi) is 4.63. The van der Waals surface area contributed by atoms with Gasteiger partial charge in [-0.1, -0.05) is 23.9 Å². The van der Waals surface area contributed by atoms with E-state index in [1.54, 1.807) is 35.9 Å². The Labute approximate surface area is 148 Å². The van der Waals surface area contributed by atoms with Crippen molar-refractivity contribution in [2.24, 2.45) is 7.05 Å². The van der Waals surface area contributed by atoms with Crippen molar-refractivity contribution < 1.29 is 14.3 Å². The van der Waals surface area contributed by atoms with Crippen LogP contribution in [0.1, 0.15) is 33.8 Å². The molecule has 1 N–H and O–H groups in total. The number of thioether (sulfide) groups is 1. The topological polar surface area (TPSA) is 90.3 Å². The number of ether oxygens (including phenoxy) is 1. The smallest absolute Gasteiger partial charge is 0.337 e. The molecule has 0 spiro atoms. The minimum Gasteiger partial charge on any atom is -0.465 e. The highest BCUT2D eigenvalue weighted by Gasteiger charge is 2.32. The monoisotopic (exact) mass is 359 g/mol. The number of nitrogens with zero attached hydrogens (tertiary/aromatic N) is 2. The van der Waals surface area contributed by atoms with Crippen LogP contribution >= 0.6 is 11.8 Å². The van der Waals surface area contributed by atoms with Crippen LogP contribution in [0.4, 0.5) is 5.82 Å². The molecule has 1 atom stereocenters. The van der Waals surface area contributed by atoms with Gasteiger partial charge in [-0.15, -0.1) is 0 Å². The summed E-state index contributed by atoms with van der Waals surface area (Å²) in [5, 5.41) is 3.31. The number of fused-ring (bicyclic) bond motifs is 1. The Balaban J connectivity index is 2.11. The molecule has 0 radical (unpaired) electrons. The number of aromatic nitrogens is 2. The number of nitrogens with one attached hydrogen (secondary N) is 1. The standard InChI is InChI=1S/C17H17N3O4S/c1-20-14-13(15(22)19-17(20)25-3)11(8-12(21)18-14)9-4-6-10(7-5-9)16(23)24-2/h4-7,11H,8H2,1-3H3,(H,18,21)/t11-/m0/s1. The normalized spacial score (nSPS) is 16.1. The van der Waals surface area contributed by atoms with E-state index >= 15 is 0 Å². The molecule has 3 rings (SSSR count). The van der Waals surface area contributed by atoms with E-state index in [2.05, 4.69) is 15.0 Å². The van der Waals surface area contributed by atoms with Crippen molar-refractivity contribution in [2.45, 2.75) is 17.5 Å². The first kappa shape index (κ1) is 17.2. The van der Waals surface area contributed by atoms with Crippen LogP contribution in [0.15, 0.2) is 34.2 Å². The van der Waals surface area contributed by atoms with Crippen molar-refractivity contribution in [1.82, 2.24) is 9.55 Å². The molecule has 0 fully saturated rings. The van der Waals surface area contributed by atoms with Gasteiger partial charge in [0.25, 0.3) is 5.56 Å². The maximum absolute atomic E-state index is 12.5. The van der Waals surface area contributed by atoms with Crippen molar-refractivity contribution in [2.75, 3.05) is 18.7 Å². The first-order valence-electron chi connectivity index (χ1n) is 7.59. The van der Waals surface area contributed by atoms with Gasteiger partial charge in [0.1, 0.15) is 5.82 Å². The number of anilines is 1. The second kappa shape index (κ2) is 6.72. The third-order valence-corrected chi connectivity index (χ3v) is 4.95. The third kappa shape index (κ3) is 3.05. The SMILES string of the molecule is COC(=O)c1ccc([C@@H]2CC(=O)Nc3c2c(=O)nc(SC)n3C)cc1. The average molecular weight is 359 g/mol. The molecular weight excluding hydrogens is 342 g/mol. The van der Waals surface area contributed by atoms with E-state index in [0.29, 0.717) is 22.1 Å². The summed E-state index contributed by atoms with van der Waals surface area (Å²) in [6, 6.07) is 6.73. The Hall–Kier alpha value is -2.61. The molecule has 1 aliphatic rings. The Morgan fingerprint density at radius 1 is 1.32 bits per heavy atom. The highest BCUT2D eigenvalue weighted by molar-refractivity contribution is 7.98. The second-order valence-corrected chi connectivity index (χ2v) is 6.42. The molecule has 0 saturated heterocycles. The largest absolute Gasteiger partial charge is 0.465 e.